The van der Waals surface area contributed by atoms with Crippen molar-refractivity contribution in [3.63, 3.8) is 0 Å². The molecule has 1 unspecified atom stereocenters. The molecule has 27 heavy (non-hydrogen) atoms. The van der Waals surface area contributed by atoms with E-state index in [0.717, 1.165) is 16.6 Å². The molecule has 1 atom stereocenters. The molecule has 0 aliphatic rings. The second-order valence-corrected chi connectivity index (χ2v) is 6.25. The molecule has 4 rings (SSSR count). The Hall–Kier alpha value is -3.67. The van der Waals surface area contributed by atoms with Crippen LogP contribution in [0.2, 0.25) is 0 Å². The Morgan fingerprint density at radius 1 is 1.04 bits per heavy atom. The van der Waals surface area contributed by atoms with Crippen molar-refractivity contribution in [3.8, 4) is 0 Å². The summed E-state index contributed by atoms with van der Waals surface area (Å²) in [5, 5.41) is 14.9. The molecule has 6 heteroatoms. The van der Waals surface area contributed by atoms with Crippen LogP contribution >= 0.6 is 0 Å². The highest BCUT2D eigenvalue weighted by Crippen LogP contribution is 2.25. The summed E-state index contributed by atoms with van der Waals surface area (Å²) in [5.74, 6) is 0.246. The summed E-state index contributed by atoms with van der Waals surface area (Å²) in [6.07, 6.45) is 1.31. The normalized spacial score (nSPS) is 12.0. The second kappa shape index (κ2) is 6.92. The molecule has 0 aliphatic carbocycles. The van der Waals surface area contributed by atoms with Crippen LogP contribution in [0.5, 0.6) is 0 Å². The van der Waals surface area contributed by atoms with Crippen LogP contribution in [-0.2, 0) is 7.05 Å². The van der Waals surface area contributed by atoms with Crippen LogP contribution in [0.4, 0.5) is 0 Å². The van der Waals surface area contributed by atoms with E-state index in [0.29, 0.717) is 10.6 Å². The maximum atomic E-state index is 12.8. The lowest BCUT2D eigenvalue weighted by molar-refractivity contribution is -0.607. The number of imidazole rings is 1. The fraction of sp³-hybridized carbons (Fsp3) is 0.0952. The topological polar surface area (TPSA) is 73.9 Å². The Morgan fingerprint density at radius 3 is 2.48 bits per heavy atom. The van der Waals surface area contributed by atoms with Crippen molar-refractivity contribution in [1.29, 1.82) is 0 Å². The third-order valence-corrected chi connectivity index (χ3v) is 4.55. The number of carbonyl (C=O) groups excluding carboxylic acids is 1. The summed E-state index contributed by atoms with van der Waals surface area (Å²) < 4.78 is 2.52. The Bertz CT molecular complexity index is 1110. The van der Waals surface area contributed by atoms with E-state index in [2.05, 4.69) is 5.32 Å². The van der Waals surface area contributed by atoms with Crippen LogP contribution in [0.1, 0.15) is 27.9 Å². The zero-order valence-electron chi connectivity index (χ0n) is 14.7. The fourth-order valence-corrected chi connectivity index (χ4v) is 3.17. The molecule has 0 saturated heterocycles. The average molecular weight is 358 g/mol. The third-order valence-electron chi connectivity index (χ3n) is 4.55. The van der Waals surface area contributed by atoms with Gasteiger partial charge in [-0.1, -0.05) is 42.5 Å². The van der Waals surface area contributed by atoms with E-state index in [4.69, 9.17) is 4.98 Å². The smallest absolute Gasteiger partial charge is 0.318 e. The molecule has 4 aromatic rings. The average Bonchev–Trinajstić information content (AvgIpc) is 3.04. The van der Waals surface area contributed by atoms with Gasteiger partial charge in [0.1, 0.15) is 11.9 Å². The maximum absolute atomic E-state index is 12.8. The van der Waals surface area contributed by atoms with Crippen LogP contribution in [-0.4, -0.2) is 15.5 Å². The molecule has 0 aliphatic heterocycles. The van der Waals surface area contributed by atoms with E-state index < -0.39 is 11.9 Å². The SMILES string of the molecule is Cn1c(C(NC(=O)c2cccc[n+]2[O-])c2ccccc2)nc2ccccc21. The van der Waals surface area contributed by atoms with Gasteiger partial charge >= 0.3 is 5.91 Å². The van der Waals surface area contributed by atoms with Gasteiger partial charge in [0, 0.05) is 19.2 Å². The zero-order valence-corrected chi connectivity index (χ0v) is 14.7. The molecular formula is C21H18N4O2. The molecule has 1 N–H and O–H groups in total. The molecule has 0 saturated carbocycles. The number of nitrogens with zero attached hydrogens (tertiary/aromatic N) is 3. The van der Waals surface area contributed by atoms with E-state index in [1.807, 2.05) is 66.2 Å². The van der Waals surface area contributed by atoms with Crippen LogP contribution in [0.25, 0.3) is 11.0 Å². The Kier molecular flexibility index (Phi) is 4.30. The Labute approximate surface area is 156 Å². The Morgan fingerprint density at radius 2 is 1.74 bits per heavy atom. The monoisotopic (exact) mass is 358 g/mol. The number of aryl methyl sites for hydroxylation is 1. The standard InChI is InChI=1S/C21H18N4O2/c1-24-17-12-6-5-11-16(17)22-20(24)19(15-9-3-2-4-10-15)23-21(26)18-13-7-8-14-25(18)27/h2-14,19H,1H3,(H,23,26). The number of benzene rings is 2. The number of carbonyl (C=O) groups is 1. The summed E-state index contributed by atoms with van der Waals surface area (Å²) in [6, 6.07) is 21.7. The van der Waals surface area contributed by atoms with Gasteiger partial charge in [-0.25, -0.2) is 4.98 Å². The number of nitrogens with one attached hydrogen (secondary N) is 1. The van der Waals surface area contributed by atoms with Crippen molar-refractivity contribution < 1.29 is 9.52 Å². The summed E-state index contributed by atoms with van der Waals surface area (Å²) in [6.45, 7) is 0. The molecule has 2 heterocycles. The minimum atomic E-state index is -0.490. The highest BCUT2D eigenvalue weighted by Gasteiger charge is 2.25. The molecule has 6 nitrogen and oxygen atoms in total. The zero-order chi connectivity index (χ0) is 18.8. The molecule has 0 fully saturated rings. The van der Waals surface area contributed by atoms with Crippen LogP contribution in [0.3, 0.4) is 0 Å². The lowest BCUT2D eigenvalue weighted by Gasteiger charge is -2.19. The van der Waals surface area contributed by atoms with Gasteiger partial charge in [0.05, 0.1) is 11.0 Å². The van der Waals surface area contributed by atoms with Crippen molar-refractivity contribution in [2.75, 3.05) is 0 Å². The fourth-order valence-electron chi connectivity index (χ4n) is 3.17. The van der Waals surface area contributed by atoms with Gasteiger partial charge in [-0.2, -0.15) is 4.73 Å². The number of amides is 1. The van der Waals surface area contributed by atoms with Gasteiger partial charge in [0.25, 0.3) is 5.69 Å². The predicted molar refractivity (Wildman–Crippen MR) is 102 cm³/mol. The first-order valence-electron chi connectivity index (χ1n) is 8.60. The van der Waals surface area contributed by atoms with Crippen LogP contribution in [0.15, 0.2) is 79.0 Å². The van der Waals surface area contributed by atoms with E-state index in [1.54, 1.807) is 12.1 Å². The molecule has 134 valence electrons. The first-order chi connectivity index (χ1) is 13.1. The largest absolute Gasteiger partial charge is 0.618 e. The summed E-state index contributed by atoms with van der Waals surface area (Å²) in [5.41, 5.74) is 2.75. The number of hydrogen-bond acceptors (Lipinski definition) is 3. The van der Waals surface area contributed by atoms with Crippen LogP contribution in [0, 0.1) is 5.21 Å². The molecule has 0 radical (unpaired) electrons. The first-order valence-corrected chi connectivity index (χ1v) is 8.60. The first kappa shape index (κ1) is 16.8. The minimum absolute atomic E-state index is 0.0391. The van der Waals surface area contributed by atoms with E-state index in [-0.39, 0.29) is 5.69 Å². The number of para-hydroxylation sites is 2. The predicted octanol–water partition coefficient (Wildman–Crippen LogP) is 2.73. The number of aromatic nitrogens is 3. The number of fused-ring (bicyclic) bond motifs is 1. The molecule has 1 amide bonds. The van der Waals surface area contributed by atoms with Crippen molar-refractivity contribution >= 4 is 16.9 Å². The molecular weight excluding hydrogens is 340 g/mol. The molecule has 2 aromatic carbocycles. The lowest BCUT2D eigenvalue weighted by atomic mass is 10.1. The van der Waals surface area contributed by atoms with Crippen molar-refractivity contribution in [2.24, 2.45) is 7.05 Å². The number of rotatable bonds is 4. The van der Waals surface area contributed by atoms with Gasteiger partial charge in [-0.05, 0) is 23.8 Å². The molecule has 0 spiro atoms. The summed E-state index contributed by atoms with van der Waals surface area (Å²) in [7, 11) is 1.92. The van der Waals surface area contributed by atoms with Gasteiger partial charge in [0.15, 0.2) is 6.20 Å². The quantitative estimate of drug-likeness (QED) is 0.450. The highest BCUT2D eigenvalue weighted by molar-refractivity contribution is 5.91. The van der Waals surface area contributed by atoms with Gasteiger partial charge in [0.2, 0.25) is 0 Å². The van der Waals surface area contributed by atoms with Crippen molar-refractivity contribution in [1.82, 2.24) is 14.9 Å². The van der Waals surface area contributed by atoms with Crippen molar-refractivity contribution in [2.45, 2.75) is 6.04 Å². The number of pyridine rings is 1. The summed E-state index contributed by atoms with van der Waals surface area (Å²) in [4.78, 5) is 17.5. The maximum Gasteiger partial charge on any atom is 0.318 e. The van der Waals surface area contributed by atoms with Crippen LogP contribution < -0.4 is 10.0 Å². The minimum Gasteiger partial charge on any atom is -0.618 e. The summed E-state index contributed by atoms with van der Waals surface area (Å²) >= 11 is 0. The number of hydrogen-bond donors (Lipinski definition) is 1. The van der Waals surface area contributed by atoms with E-state index in [1.165, 1.54) is 12.3 Å². The lowest BCUT2D eigenvalue weighted by Crippen LogP contribution is -2.41. The van der Waals surface area contributed by atoms with E-state index in [9.17, 15) is 10.0 Å². The second-order valence-electron chi connectivity index (χ2n) is 6.25. The van der Waals surface area contributed by atoms with Gasteiger partial charge in [-0.3, -0.25) is 4.79 Å². The highest BCUT2D eigenvalue weighted by atomic mass is 16.5. The van der Waals surface area contributed by atoms with Crippen molar-refractivity contribution in [3.05, 3.63) is 101 Å². The molecule has 0 bridgehead atoms. The van der Waals surface area contributed by atoms with E-state index >= 15 is 0 Å². The molecule has 2 aromatic heterocycles. The Balaban J connectivity index is 1.79. The van der Waals surface area contributed by atoms with Gasteiger partial charge in [-0.15, -0.1) is 0 Å². The third kappa shape index (κ3) is 3.13. The van der Waals surface area contributed by atoms with Gasteiger partial charge < -0.3 is 15.1 Å².